The summed E-state index contributed by atoms with van der Waals surface area (Å²) in [6, 6.07) is 11.8. The number of carbonyl (C=O) groups excluding carboxylic acids is 1. The molecule has 29 heavy (non-hydrogen) atoms. The molecular formula is C21H25FN2O3S2. The van der Waals surface area contributed by atoms with Crippen LogP contribution in [0, 0.1) is 5.82 Å². The van der Waals surface area contributed by atoms with Crippen molar-refractivity contribution in [1.82, 2.24) is 5.32 Å². The summed E-state index contributed by atoms with van der Waals surface area (Å²) in [5.41, 5.74) is 0.123. The van der Waals surface area contributed by atoms with E-state index in [2.05, 4.69) is 5.32 Å². The molecule has 8 heteroatoms. The molecular weight excluding hydrogens is 411 g/mol. The molecule has 2 aromatic carbocycles. The highest BCUT2D eigenvalue weighted by atomic mass is 32.2. The number of benzene rings is 2. The first-order chi connectivity index (χ1) is 13.9. The second-order valence-electron chi connectivity index (χ2n) is 7.07. The molecule has 1 N–H and O–H groups in total. The Morgan fingerprint density at radius 2 is 1.83 bits per heavy atom. The number of nitrogens with one attached hydrogen (secondary N) is 1. The number of nitrogens with zero attached hydrogens (tertiary/aromatic N) is 1. The Hall–Kier alpha value is -2.06. The molecule has 3 rings (SSSR count). The van der Waals surface area contributed by atoms with Gasteiger partial charge in [-0.25, -0.2) is 12.8 Å². The lowest BCUT2D eigenvalue weighted by Gasteiger charge is -2.27. The maximum Gasteiger partial charge on any atom is 0.264 e. The van der Waals surface area contributed by atoms with Crippen LogP contribution in [-0.4, -0.2) is 33.2 Å². The van der Waals surface area contributed by atoms with Crippen LogP contribution in [-0.2, 0) is 14.8 Å². The van der Waals surface area contributed by atoms with E-state index in [0.29, 0.717) is 0 Å². The number of anilines is 1. The predicted molar refractivity (Wildman–Crippen MR) is 114 cm³/mol. The third-order valence-electron chi connectivity index (χ3n) is 5.00. The zero-order valence-electron chi connectivity index (χ0n) is 16.3. The Morgan fingerprint density at radius 1 is 1.14 bits per heavy atom. The Bertz CT molecular complexity index is 943. The quantitative estimate of drug-likeness (QED) is 0.661. The lowest BCUT2D eigenvalue weighted by Crippen LogP contribution is -2.45. The molecule has 0 spiro atoms. The topological polar surface area (TPSA) is 66.5 Å². The zero-order valence-corrected chi connectivity index (χ0v) is 17.9. The van der Waals surface area contributed by atoms with Crippen LogP contribution in [0.4, 0.5) is 10.1 Å². The molecule has 0 atom stereocenters. The Kier molecular flexibility index (Phi) is 7.18. The van der Waals surface area contributed by atoms with Crippen molar-refractivity contribution in [3.05, 3.63) is 54.3 Å². The van der Waals surface area contributed by atoms with Crippen molar-refractivity contribution in [2.75, 3.05) is 17.1 Å². The van der Waals surface area contributed by atoms with Crippen molar-refractivity contribution in [1.29, 1.82) is 0 Å². The molecule has 1 amide bonds. The van der Waals surface area contributed by atoms with Crippen molar-refractivity contribution >= 4 is 33.4 Å². The second kappa shape index (κ2) is 9.63. The third kappa shape index (κ3) is 5.51. The number of rotatable bonds is 7. The van der Waals surface area contributed by atoms with Crippen LogP contribution in [0.1, 0.15) is 32.1 Å². The fourth-order valence-electron chi connectivity index (χ4n) is 3.47. The second-order valence-corrected chi connectivity index (χ2v) is 9.81. The standard InChI is InChI=1S/C21H25FN2O3S2/c1-28-19-10-12-20(13-11-19)29(26,27)24(18-9-5-6-16(22)14-18)15-21(25)23-17-7-3-2-4-8-17/h5-6,9-14,17H,2-4,7-8,15H2,1H3,(H,23,25). The molecule has 1 saturated carbocycles. The number of halogens is 1. The minimum absolute atomic E-state index is 0.0602. The van der Waals surface area contributed by atoms with Gasteiger partial charge < -0.3 is 5.32 Å². The molecule has 1 fully saturated rings. The van der Waals surface area contributed by atoms with Gasteiger partial charge in [0.1, 0.15) is 12.4 Å². The van der Waals surface area contributed by atoms with Crippen molar-refractivity contribution < 1.29 is 17.6 Å². The molecule has 0 heterocycles. The molecule has 1 aliphatic rings. The van der Waals surface area contributed by atoms with Crippen molar-refractivity contribution in [2.24, 2.45) is 0 Å². The largest absolute Gasteiger partial charge is 0.352 e. The molecule has 0 aromatic heterocycles. The third-order valence-corrected chi connectivity index (χ3v) is 7.53. The van der Waals surface area contributed by atoms with Crippen LogP contribution in [0.3, 0.4) is 0 Å². The van der Waals surface area contributed by atoms with Crippen molar-refractivity contribution in [2.45, 2.75) is 47.9 Å². The number of amides is 1. The van der Waals surface area contributed by atoms with Gasteiger partial charge in [0.05, 0.1) is 10.6 Å². The predicted octanol–water partition coefficient (Wildman–Crippen LogP) is 4.19. The number of hydrogen-bond acceptors (Lipinski definition) is 4. The minimum Gasteiger partial charge on any atom is -0.352 e. The molecule has 0 saturated heterocycles. The molecule has 5 nitrogen and oxygen atoms in total. The van der Waals surface area contributed by atoms with E-state index in [9.17, 15) is 17.6 Å². The van der Waals surface area contributed by atoms with Crippen LogP contribution in [0.5, 0.6) is 0 Å². The summed E-state index contributed by atoms with van der Waals surface area (Å²) in [6.45, 7) is -0.396. The molecule has 2 aromatic rings. The van der Waals surface area contributed by atoms with E-state index >= 15 is 0 Å². The highest BCUT2D eigenvalue weighted by Gasteiger charge is 2.28. The zero-order chi connectivity index (χ0) is 20.9. The van der Waals surface area contributed by atoms with Gasteiger partial charge in [-0.15, -0.1) is 11.8 Å². The Morgan fingerprint density at radius 3 is 2.45 bits per heavy atom. The minimum atomic E-state index is -4.04. The van der Waals surface area contributed by atoms with Gasteiger partial charge in [0.25, 0.3) is 10.0 Å². The first-order valence-corrected chi connectivity index (χ1v) is 12.3. The maximum atomic E-state index is 13.8. The van der Waals surface area contributed by atoms with Gasteiger partial charge in [-0.05, 0) is 61.6 Å². The summed E-state index contributed by atoms with van der Waals surface area (Å²) in [4.78, 5) is 13.6. The summed E-state index contributed by atoms with van der Waals surface area (Å²) >= 11 is 1.50. The number of carbonyl (C=O) groups is 1. The molecule has 0 radical (unpaired) electrons. The van der Waals surface area contributed by atoms with Crippen molar-refractivity contribution in [3.63, 3.8) is 0 Å². The average molecular weight is 437 g/mol. The Balaban J connectivity index is 1.88. The smallest absolute Gasteiger partial charge is 0.264 e. The van der Waals surface area contributed by atoms with E-state index < -0.39 is 22.4 Å². The first kappa shape index (κ1) is 21.6. The van der Waals surface area contributed by atoms with Crippen LogP contribution in [0.25, 0.3) is 0 Å². The fraction of sp³-hybridized carbons (Fsp3) is 0.381. The van der Waals surface area contributed by atoms with E-state index in [1.807, 2.05) is 6.26 Å². The van der Waals surface area contributed by atoms with Gasteiger partial charge in [-0.3, -0.25) is 9.10 Å². The monoisotopic (exact) mass is 436 g/mol. The fourth-order valence-corrected chi connectivity index (χ4v) is 5.29. The van der Waals surface area contributed by atoms with Gasteiger partial charge in [0, 0.05) is 10.9 Å². The lowest BCUT2D eigenvalue weighted by molar-refractivity contribution is -0.120. The number of thioether (sulfide) groups is 1. The van der Waals surface area contributed by atoms with Crippen LogP contribution in [0.2, 0.25) is 0 Å². The number of sulfonamides is 1. The maximum absolute atomic E-state index is 13.8. The molecule has 156 valence electrons. The number of hydrogen-bond donors (Lipinski definition) is 1. The molecule has 0 aliphatic heterocycles. The normalized spacial score (nSPS) is 15.1. The van der Waals surface area contributed by atoms with Gasteiger partial charge in [-0.2, -0.15) is 0 Å². The molecule has 1 aliphatic carbocycles. The van der Waals surface area contributed by atoms with Gasteiger partial charge in [-0.1, -0.05) is 25.3 Å². The van der Waals surface area contributed by atoms with Gasteiger partial charge in [0.15, 0.2) is 0 Å². The summed E-state index contributed by atoms with van der Waals surface area (Å²) in [5.74, 6) is -0.946. The van der Waals surface area contributed by atoms with Crippen LogP contribution < -0.4 is 9.62 Å². The summed E-state index contributed by atoms with van der Waals surface area (Å²) in [5, 5.41) is 2.93. The lowest BCUT2D eigenvalue weighted by atomic mass is 9.95. The van der Waals surface area contributed by atoms with Crippen LogP contribution >= 0.6 is 11.8 Å². The van der Waals surface area contributed by atoms with E-state index in [-0.39, 0.29) is 22.5 Å². The summed E-state index contributed by atoms with van der Waals surface area (Å²) in [7, 11) is -4.04. The van der Waals surface area contributed by atoms with E-state index in [1.165, 1.54) is 42.1 Å². The highest BCUT2D eigenvalue weighted by Crippen LogP contribution is 2.26. The Labute approximate surface area is 175 Å². The molecule has 0 unspecified atom stereocenters. The van der Waals surface area contributed by atoms with E-state index in [4.69, 9.17) is 0 Å². The first-order valence-electron chi connectivity index (χ1n) is 9.62. The summed E-state index contributed by atoms with van der Waals surface area (Å²) < 4.78 is 41.4. The highest BCUT2D eigenvalue weighted by molar-refractivity contribution is 7.98. The SMILES string of the molecule is CSc1ccc(S(=O)(=O)N(CC(=O)NC2CCCCC2)c2cccc(F)c2)cc1. The van der Waals surface area contributed by atoms with Crippen LogP contribution in [0.15, 0.2) is 58.3 Å². The molecule has 0 bridgehead atoms. The summed E-state index contributed by atoms with van der Waals surface area (Å²) in [6.07, 6.45) is 6.96. The van der Waals surface area contributed by atoms with Gasteiger partial charge >= 0.3 is 0 Å². The van der Waals surface area contributed by atoms with Crippen molar-refractivity contribution in [3.8, 4) is 0 Å². The van der Waals surface area contributed by atoms with E-state index in [1.54, 1.807) is 12.1 Å². The van der Waals surface area contributed by atoms with E-state index in [0.717, 1.165) is 47.4 Å². The average Bonchev–Trinajstić information content (AvgIpc) is 2.72. The van der Waals surface area contributed by atoms with Gasteiger partial charge in [0.2, 0.25) is 5.91 Å².